The molecule has 2 heterocycles. The first-order valence-electron chi connectivity index (χ1n) is 9.23. The topological polar surface area (TPSA) is 96.7 Å². The van der Waals surface area contributed by atoms with Crippen LogP contribution in [0.3, 0.4) is 0 Å². The minimum absolute atomic E-state index is 0.0554. The van der Waals surface area contributed by atoms with Crippen LogP contribution in [0, 0.1) is 13.8 Å². The Labute approximate surface area is 177 Å². The van der Waals surface area contributed by atoms with Gasteiger partial charge in [-0.25, -0.2) is 4.79 Å². The number of benzene rings is 2. The normalized spacial score (nSPS) is 12.9. The van der Waals surface area contributed by atoms with E-state index in [2.05, 4.69) is 15.8 Å². The predicted octanol–water partition coefficient (Wildman–Crippen LogP) is 4.51. The first kappa shape index (κ1) is 19.8. The molecule has 0 spiro atoms. The number of urea groups is 1. The molecule has 0 radical (unpaired) electrons. The van der Waals surface area contributed by atoms with Crippen molar-refractivity contribution in [3.8, 4) is 5.75 Å². The lowest BCUT2D eigenvalue weighted by molar-refractivity contribution is -0.121. The molecular formula is C21H19ClN4O4. The molecule has 1 aliphatic heterocycles. The van der Waals surface area contributed by atoms with Gasteiger partial charge in [0.15, 0.2) is 6.61 Å². The number of aromatic nitrogens is 1. The zero-order valence-corrected chi connectivity index (χ0v) is 17.1. The number of amides is 3. The van der Waals surface area contributed by atoms with Crippen molar-refractivity contribution in [1.29, 1.82) is 0 Å². The highest BCUT2D eigenvalue weighted by molar-refractivity contribution is 6.30. The van der Waals surface area contributed by atoms with Crippen molar-refractivity contribution in [2.45, 2.75) is 20.4 Å². The third-order valence-electron chi connectivity index (χ3n) is 4.76. The van der Waals surface area contributed by atoms with E-state index in [4.69, 9.17) is 20.9 Å². The second-order valence-corrected chi connectivity index (χ2v) is 7.28. The molecule has 4 rings (SSSR count). The Morgan fingerprint density at radius 1 is 1.13 bits per heavy atom. The Hall–Kier alpha value is -3.52. The smallest absolute Gasteiger partial charge is 0.323 e. The zero-order chi connectivity index (χ0) is 21.3. The quantitative estimate of drug-likeness (QED) is 0.639. The number of ether oxygens (including phenoxy) is 1. The molecule has 0 fully saturated rings. The highest BCUT2D eigenvalue weighted by Crippen LogP contribution is 2.36. The Morgan fingerprint density at radius 2 is 1.83 bits per heavy atom. The van der Waals surface area contributed by atoms with E-state index in [0.29, 0.717) is 40.1 Å². The van der Waals surface area contributed by atoms with E-state index in [1.807, 2.05) is 6.92 Å². The second kappa shape index (κ2) is 8.08. The molecule has 0 unspecified atom stereocenters. The summed E-state index contributed by atoms with van der Waals surface area (Å²) in [5, 5.41) is 10.0. The molecule has 9 heteroatoms. The van der Waals surface area contributed by atoms with Gasteiger partial charge < -0.3 is 24.8 Å². The Bertz CT molecular complexity index is 1090. The molecule has 1 aromatic heterocycles. The summed E-state index contributed by atoms with van der Waals surface area (Å²) in [5.41, 5.74) is 3.26. The van der Waals surface area contributed by atoms with Gasteiger partial charge in [0.25, 0.3) is 5.91 Å². The van der Waals surface area contributed by atoms with Gasteiger partial charge in [-0.15, -0.1) is 0 Å². The Kier molecular flexibility index (Phi) is 5.33. The number of fused-ring (bicyclic) bond motifs is 1. The number of carbonyl (C=O) groups excluding carboxylic acids is 2. The van der Waals surface area contributed by atoms with E-state index in [1.54, 1.807) is 54.3 Å². The summed E-state index contributed by atoms with van der Waals surface area (Å²) in [6, 6.07) is 11.5. The van der Waals surface area contributed by atoms with Gasteiger partial charge in [-0.2, -0.15) is 0 Å². The highest BCUT2D eigenvalue weighted by atomic mass is 35.5. The summed E-state index contributed by atoms with van der Waals surface area (Å²) in [5.74, 6) is 1.03. The molecule has 0 aliphatic carbocycles. The average molecular weight is 427 g/mol. The van der Waals surface area contributed by atoms with Crippen LogP contribution in [0.5, 0.6) is 5.75 Å². The average Bonchev–Trinajstić information content (AvgIpc) is 3.03. The Morgan fingerprint density at radius 3 is 2.53 bits per heavy atom. The molecule has 30 heavy (non-hydrogen) atoms. The summed E-state index contributed by atoms with van der Waals surface area (Å²) in [4.78, 5) is 26.5. The van der Waals surface area contributed by atoms with Crippen molar-refractivity contribution < 1.29 is 18.8 Å². The lowest BCUT2D eigenvalue weighted by atomic mass is 10.1. The minimum Gasteiger partial charge on any atom is -0.482 e. The number of nitrogens with zero attached hydrogens (tertiary/aromatic N) is 2. The first-order chi connectivity index (χ1) is 14.4. The predicted molar refractivity (Wildman–Crippen MR) is 113 cm³/mol. The SMILES string of the molecule is Cc1noc(C)c1CN1C(=O)COc2ccc(NC(=O)Nc3ccc(Cl)cc3)cc21. The molecule has 3 amide bonds. The van der Waals surface area contributed by atoms with Crippen LogP contribution in [0.25, 0.3) is 0 Å². The van der Waals surface area contributed by atoms with Crippen LogP contribution in [0.4, 0.5) is 21.9 Å². The van der Waals surface area contributed by atoms with Crippen molar-refractivity contribution in [3.63, 3.8) is 0 Å². The van der Waals surface area contributed by atoms with E-state index >= 15 is 0 Å². The van der Waals surface area contributed by atoms with Crippen LogP contribution in [0.1, 0.15) is 17.0 Å². The van der Waals surface area contributed by atoms with Gasteiger partial charge in [-0.3, -0.25) is 4.79 Å². The van der Waals surface area contributed by atoms with Gasteiger partial charge in [0.05, 0.1) is 17.9 Å². The molecule has 0 bridgehead atoms. The van der Waals surface area contributed by atoms with Gasteiger partial charge in [0.2, 0.25) is 0 Å². The number of aryl methyl sites for hydroxylation is 2. The standard InChI is InChI=1S/C21H19ClN4O4/c1-12-17(13(2)30-25-12)10-26-18-9-16(7-8-19(18)29-11-20(26)27)24-21(28)23-15-5-3-14(22)4-6-15/h3-9H,10-11H2,1-2H3,(H2,23,24,28). The molecule has 0 saturated carbocycles. The summed E-state index contributed by atoms with van der Waals surface area (Å²) in [6.45, 7) is 3.88. The van der Waals surface area contributed by atoms with E-state index in [9.17, 15) is 9.59 Å². The highest BCUT2D eigenvalue weighted by Gasteiger charge is 2.28. The van der Waals surface area contributed by atoms with Gasteiger partial charge in [0.1, 0.15) is 11.5 Å². The van der Waals surface area contributed by atoms with Crippen LogP contribution in [0.15, 0.2) is 47.0 Å². The minimum atomic E-state index is -0.419. The third kappa shape index (κ3) is 4.08. The number of hydrogen-bond acceptors (Lipinski definition) is 5. The largest absolute Gasteiger partial charge is 0.482 e. The number of hydrogen-bond donors (Lipinski definition) is 2. The maximum Gasteiger partial charge on any atom is 0.323 e. The van der Waals surface area contributed by atoms with Crippen molar-refractivity contribution in [3.05, 3.63) is 64.5 Å². The van der Waals surface area contributed by atoms with Crippen molar-refractivity contribution in [2.75, 3.05) is 22.1 Å². The summed E-state index contributed by atoms with van der Waals surface area (Å²) < 4.78 is 10.7. The number of rotatable bonds is 4. The summed E-state index contributed by atoms with van der Waals surface area (Å²) in [6.07, 6.45) is 0. The molecule has 3 aromatic rings. The number of anilines is 3. The van der Waals surface area contributed by atoms with Crippen LogP contribution < -0.4 is 20.3 Å². The molecule has 2 aromatic carbocycles. The number of nitrogens with one attached hydrogen (secondary N) is 2. The second-order valence-electron chi connectivity index (χ2n) is 6.84. The zero-order valence-electron chi connectivity index (χ0n) is 16.4. The fourth-order valence-corrected chi connectivity index (χ4v) is 3.29. The fourth-order valence-electron chi connectivity index (χ4n) is 3.17. The van der Waals surface area contributed by atoms with Crippen LogP contribution >= 0.6 is 11.6 Å². The lowest BCUT2D eigenvalue weighted by Crippen LogP contribution is -2.38. The fraction of sp³-hybridized carbons (Fsp3) is 0.190. The van der Waals surface area contributed by atoms with Crippen molar-refractivity contribution in [2.24, 2.45) is 0 Å². The van der Waals surface area contributed by atoms with Crippen molar-refractivity contribution in [1.82, 2.24) is 5.16 Å². The maximum atomic E-state index is 12.5. The molecule has 2 N–H and O–H groups in total. The van der Waals surface area contributed by atoms with Gasteiger partial charge in [-0.1, -0.05) is 16.8 Å². The molecular weight excluding hydrogens is 408 g/mol. The van der Waals surface area contributed by atoms with E-state index < -0.39 is 6.03 Å². The number of carbonyl (C=O) groups is 2. The molecule has 1 aliphatic rings. The molecule has 8 nitrogen and oxygen atoms in total. The van der Waals surface area contributed by atoms with Crippen molar-refractivity contribution >= 4 is 40.6 Å². The molecule has 0 atom stereocenters. The third-order valence-corrected chi connectivity index (χ3v) is 5.01. The van der Waals surface area contributed by atoms with Crippen LogP contribution in [0.2, 0.25) is 5.02 Å². The summed E-state index contributed by atoms with van der Waals surface area (Å²) >= 11 is 5.86. The van der Waals surface area contributed by atoms with E-state index in [-0.39, 0.29) is 12.5 Å². The van der Waals surface area contributed by atoms with E-state index in [1.165, 1.54) is 0 Å². The number of halogens is 1. The lowest BCUT2D eigenvalue weighted by Gasteiger charge is -2.29. The summed E-state index contributed by atoms with van der Waals surface area (Å²) in [7, 11) is 0. The first-order valence-corrected chi connectivity index (χ1v) is 9.61. The maximum absolute atomic E-state index is 12.5. The van der Waals surface area contributed by atoms with Gasteiger partial charge in [0, 0.05) is 22.0 Å². The van der Waals surface area contributed by atoms with Gasteiger partial charge >= 0.3 is 6.03 Å². The van der Waals surface area contributed by atoms with E-state index in [0.717, 1.165) is 11.3 Å². The monoisotopic (exact) mass is 426 g/mol. The Balaban J connectivity index is 1.55. The molecule has 154 valence electrons. The van der Waals surface area contributed by atoms with Gasteiger partial charge in [-0.05, 0) is 56.3 Å². The van der Waals surface area contributed by atoms with Crippen LogP contribution in [-0.4, -0.2) is 23.7 Å². The van der Waals surface area contributed by atoms with Crippen LogP contribution in [-0.2, 0) is 11.3 Å². The molecule has 0 saturated heterocycles.